The first-order chi connectivity index (χ1) is 9.97. The minimum Gasteiger partial charge on any atom is -0.481 e. The maximum Gasteiger partial charge on any atom is 0.316 e. The molecule has 1 aromatic carbocycles. The summed E-state index contributed by atoms with van der Waals surface area (Å²) >= 11 is 5.78. The highest BCUT2D eigenvalue weighted by Gasteiger charge is 2.07. The molecule has 0 fully saturated rings. The van der Waals surface area contributed by atoms with Gasteiger partial charge in [-0.2, -0.15) is 0 Å². The van der Waals surface area contributed by atoms with Crippen LogP contribution in [0.25, 0.3) is 0 Å². The number of carbonyl (C=O) groups is 1. The van der Waals surface area contributed by atoms with Crippen molar-refractivity contribution in [3.8, 4) is 0 Å². The summed E-state index contributed by atoms with van der Waals surface area (Å²) in [6, 6.07) is 6.95. The molecule has 1 heterocycles. The molecule has 0 aliphatic carbocycles. The van der Waals surface area contributed by atoms with E-state index >= 15 is 0 Å². The predicted molar refractivity (Wildman–Crippen MR) is 77.8 cm³/mol. The molecule has 0 aliphatic rings. The van der Waals surface area contributed by atoms with Crippen LogP contribution in [0.4, 0.5) is 0 Å². The van der Waals surface area contributed by atoms with E-state index in [1.807, 2.05) is 0 Å². The molecule has 0 bridgehead atoms. The Balaban J connectivity index is 2.24. The molecule has 7 heteroatoms. The SMILES string of the molecule is O=C(O)CCn1ccn(Cc2ccc(Cl)cc2)c(=O)c1=O. The standard InChI is InChI=1S/C14H13ClN2O4/c15-11-3-1-10(2-4-11)9-17-8-7-16(6-5-12(18)19)13(20)14(17)21/h1-4,7-8H,5-6,9H2,(H,18,19). The number of hydrogen-bond acceptors (Lipinski definition) is 3. The molecule has 21 heavy (non-hydrogen) atoms. The Kier molecular flexibility index (Phi) is 4.59. The van der Waals surface area contributed by atoms with Gasteiger partial charge in [-0.05, 0) is 17.7 Å². The summed E-state index contributed by atoms with van der Waals surface area (Å²) in [5, 5.41) is 9.19. The smallest absolute Gasteiger partial charge is 0.316 e. The van der Waals surface area contributed by atoms with Crippen LogP contribution >= 0.6 is 11.6 Å². The van der Waals surface area contributed by atoms with E-state index in [1.54, 1.807) is 24.3 Å². The van der Waals surface area contributed by atoms with Crippen LogP contribution in [-0.4, -0.2) is 20.2 Å². The number of hydrogen-bond donors (Lipinski definition) is 1. The number of carboxylic acids is 1. The van der Waals surface area contributed by atoms with E-state index in [2.05, 4.69) is 0 Å². The third-order valence-electron chi connectivity index (χ3n) is 2.96. The summed E-state index contributed by atoms with van der Waals surface area (Å²) in [4.78, 5) is 34.3. The van der Waals surface area contributed by atoms with Gasteiger partial charge in [0.2, 0.25) is 0 Å². The highest BCUT2D eigenvalue weighted by atomic mass is 35.5. The summed E-state index contributed by atoms with van der Waals surface area (Å²) in [5.41, 5.74) is -0.574. The van der Waals surface area contributed by atoms with Crippen molar-refractivity contribution >= 4 is 17.6 Å². The van der Waals surface area contributed by atoms with Crippen LogP contribution in [0.15, 0.2) is 46.2 Å². The number of aryl methyl sites for hydroxylation is 1. The average Bonchev–Trinajstić information content (AvgIpc) is 2.45. The lowest BCUT2D eigenvalue weighted by atomic mass is 10.2. The van der Waals surface area contributed by atoms with Crippen LogP contribution in [0.3, 0.4) is 0 Å². The summed E-state index contributed by atoms with van der Waals surface area (Å²) in [6.07, 6.45) is 2.68. The summed E-state index contributed by atoms with van der Waals surface area (Å²) in [5.74, 6) is -1.02. The molecule has 0 spiro atoms. The Hall–Kier alpha value is -2.34. The van der Waals surface area contributed by atoms with Crippen LogP contribution in [-0.2, 0) is 17.9 Å². The topological polar surface area (TPSA) is 81.3 Å². The highest BCUT2D eigenvalue weighted by molar-refractivity contribution is 6.30. The number of nitrogens with zero attached hydrogens (tertiary/aromatic N) is 2. The van der Waals surface area contributed by atoms with Crippen LogP contribution in [0, 0.1) is 0 Å². The Morgan fingerprint density at radius 1 is 1.05 bits per heavy atom. The van der Waals surface area contributed by atoms with Crippen molar-refractivity contribution in [1.29, 1.82) is 0 Å². The molecule has 0 aliphatic heterocycles. The lowest BCUT2D eigenvalue weighted by molar-refractivity contribution is -0.137. The second-order valence-electron chi connectivity index (χ2n) is 4.50. The number of benzene rings is 1. The van der Waals surface area contributed by atoms with Gasteiger partial charge in [0.05, 0.1) is 13.0 Å². The number of aliphatic carboxylic acids is 1. The zero-order valence-corrected chi connectivity index (χ0v) is 11.8. The molecule has 110 valence electrons. The van der Waals surface area contributed by atoms with Gasteiger partial charge in [0, 0.05) is 24.0 Å². The molecular formula is C14H13ClN2O4. The van der Waals surface area contributed by atoms with Gasteiger partial charge in [-0.15, -0.1) is 0 Å². The minimum absolute atomic E-state index is 0.0226. The van der Waals surface area contributed by atoms with E-state index < -0.39 is 17.1 Å². The zero-order chi connectivity index (χ0) is 15.4. The Morgan fingerprint density at radius 2 is 1.62 bits per heavy atom. The lowest BCUT2D eigenvalue weighted by Gasteiger charge is -2.08. The number of rotatable bonds is 5. The number of aromatic nitrogens is 2. The van der Waals surface area contributed by atoms with Crippen molar-refractivity contribution in [2.24, 2.45) is 0 Å². The molecule has 1 aromatic heterocycles. The molecular weight excluding hydrogens is 296 g/mol. The number of halogens is 1. The first kappa shape index (κ1) is 15.1. The molecule has 2 rings (SSSR count). The summed E-state index contributed by atoms with van der Waals surface area (Å²) in [7, 11) is 0. The minimum atomic E-state index is -1.02. The average molecular weight is 309 g/mol. The summed E-state index contributed by atoms with van der Waals surface area (Å²) in [6.45, 7) is 0.232. The molecule has 0 unspecified atom stereocenters. The van der Waals surface area contributed by atoms with Gasteiger partial charge in [0.15, 0.2) is 0 Å². The number of carboxylic acid groups (broad SMARTS) is 1. The quantitative estimate of drug-likeness (QED) is 0.841. The molecule has 0 saturated carbocycles. The van der Waals surface area contributed by atoms with Crippen molar-refractivity contribution in [1.82, 2.24) is 9.13 Å². The maximum atomic E-state index is 12.0. The predicted octanol–water partition coefficient (Wildman–Crippen LogP) is 1.19. The van der Waals surface area contributed by atoms with Crippen molar-refractivity contribution in [3.05, 3.63) is 68.0 Å². The molecule has 2 aromatic rings. The van der Waals surface area contributed by atoms with E-state index in [0.717, 1.165) is 10.1 Å². The zero-order valence-electron chi connectivity index (χ0n) is 11.0. The van der Waals surface area contributed by atoms with Gasteiger partial charge < -0.3 is 14.2 Å². The Bertz CT molecular complexity index is 762. The fourth-order valence-electron chi connectivity index (χ4n) is 1.85. The molecule has 0 atom stereocenters. The molecule has 0 radical (unpaired) electrons. The van der Waals surface area contributed by atoms with Crippen LogP contribution in [0.5, 0.6) is 0 Å². The van der Waals surface area contributed by atoms with E-state index in [1.165, 1.54) is 17.0 Å². The van der Waals surface area contributed by atoms with Gasteiger partial charge in [-0.3, -0.25) is 14.4 Å². The first-order valence-electron chi connectivity index (χ1n) is 6.23. The Labute approximate surface area is 124 Å². The van der Waals surface area contributed by atoms with E-state index in [0.29, 0.717) is 5.02 Å². The van der Waals surface area contributed by atoms with Crippen molar-refractivity contribution in [3.63, 3.8) is 0 Å². The highest BCUT2D eigenvalue weighted by Crippen LogP contribution is 2.09. The van der Waals surface area contributed by atoms with Gasteiger partial charge in [-0.25, -0.2) is 0 Å². The third kappa shape index (κ3) is 3.82. The van der Waals surface area contributed by atoms with Gasteiger partial charge >= 0.3 is 17.1 Å². The van der Waals surface area contributed by atoms with Crippen LogP contribution in [0.1, 0.15) is 12.0 Å². The van der Waals surface area contributed by atoms with E-state index in [4.69, 9.17) is 16.7 Å². The lowest BCUT2D eigenvalue weighted by Crippen LogP contribution is -2.41. The van der Waals surface area contributed by atoms with Crippen molar-refractivity contribution < 1.29 is 9.90 Å². The van der Waals surface area contributed by atoms with E-state index in [-0.39, 0.29) is 19.5 Å². The Morgan fingerprint density at radius 3 is 2.24 bits per heavy atom. The third-order valence-corrected chi connectivity index (χ3v) is 3.22. The van der Waals surface area contributed by atoms with Gasteiger partial charge in [-0.1, -0.05) is 23.7 Å². The molecule has 6 nitrogen and oxygen atoms in total. The largest absolute Gasteiger partial charge is 0.481 e. The summed E-state index contributed by atoms with van der Waals surface area (Å²) < 4.78 is 2.39. The maximum absolute atomic E-state index is 12.0. The second kappa shape index (κ2) is 6.41. The molecule has 0 amide bonds. The molecule has 1 N–H and O–H groups in total. The fraction of sp³-hybridized carbons (Fsp3) is 0.214. The molecule has 0 saturated heterocycles. The normalized spacial score (nSPS) is 10.5. The van der Waals surface area contributed by atoms with Gasteiger partial charge in [0.1, 0.15) is 0 Å². The fourth-order valence-corrected chi connectivity index (χ4v) is 1.97. The van der Waals surface area contributed by atoms with Crippen LogP contribution in [0.2, 0.25) is 5.02 Å². The van der Waals surface area contributed by atoms with Crippen molar-refractivity contribution in [2.75, 3.05) is 0 Å². The second-order valence-corrected chi connectivity index (χ2v) is 4.94. The van der Waals surface area contributed by atoms with E-state index in [9.17, 15) is 14.4 Å². The first-order valence-corrected chi connectivity index (χ1v) is 6.61. The van der Waals surface area contributed by atoms with Crippen LogP contribution < -0.4 is 11.1 Å². The van der Waals surface area contributed by atoms with Crippen molar-refractivity contribution in [2.45, 2.75) is 19.5 Å². The van der Waals surface area contributed by atoms with Gasteiger partial charge in [0.25, 0.3) is 0 Å². The monoisotopic (exact) mass is 308 g/mol.